The molecule has 0 spiro atoms. The van der Waals surface area contributed by atoms with Crippen molar-refractivity contribution in [2.45, 2.75) is 25.3 Å². The van der Waals surface area contributed by atoms with Crippen LogP contribution in [0.5, 0.6) is 0 Å². The van der Waals surface area contributed by atoms with Crippen molar-refractivity contribution < 1.29 is 4.79 Å². The van der Waals surface area contributed by atoms with E-state index in [-0.39, 0.29) is 5.91 Å². The summed E-state index contributed by atoms with van der Waals surface area (Å²) in [7, 11) is 0. The molecule has 2 heteroatoms. The molecule has 0 aromatic heterocycles. The lowest BCUT2D eigenvalue weighted by atomic mass is 10.1. The van der Waals surface area contributed by atoms with Crippen molar-refractivity contribution in [2.24, 2.45) is 0 Å². The fourth-order valence-electron chi connectivity index (χ4n) is 1.62. The van der Waals surface area contributed by atoms with Crippen LogP contribution in [-0.4, -0.2) is 23.4 Å². The largest absolute Gasteiger partial charge is 0.336 e. The summed E-state index contributed by atoms with van der Waals surface area (Å²) in [4.78, 5) is 13.2. The minimum absolute atomic E-state index is 0.252. The molecule has 1 fully saturated rings. The first-order valence-corrected chi connectivity index (χ1v) is 4.31. The molecule has 1 unspecified atom stereocenters. The zero-order valence-corrected chi connectivity index (χ0v) is 7.33. The second kappa shape index (κ2) is 4.10. The highest BCUT2D eigenvalue weighted by molar-refractivity contribution is 5.78. The van der Waals surface area contributed by atoms with Gasteiger partial charge in [0.2, 0.25) is 5.91 Å². The van der Waals surface area contributed by atoms with E-state index in [2.05, 4.69) is 13.2 Å². The van der Waals surface area contributed by atoms with Gasteiger partial charge in [-0.25, -0.2) is 0 Å². The van der Waals surface area contributed by atoms with E-state index in [1.54, 1.807) is 6.08 Å². The second-order valence-corrected chi connectivity index (χ2v) is 3.05. The molecule has 1 heterocycles. The Morgan fingerprint density at radius 2 is 2.25 bits per heavy atom. The molecule has 0 aromatic rings. The van der Waals surface area contributed by atoms with Gasteiger partial charge in [0.05, 0.1) is 0 Å². The number of rotatable bonds is 4. The minimum atomic E-state index is 0.252. The zero-order valence-electron chi connectivity index (χ0n) is 7.33. The van der Waals surface area contributed by atoms with Crippen LogP contribution in [0.1, 0.15) is 19.3 Å². The van der Waals surface area contributed by atoms with E-state index in [1.165, 1.54) is 0 Å². The van der Waals surface area contributed by atoms with Crippen LogP contribution in [0.2, 0.25) is 0 Å². The summed E-state index contributed by atoms with van der Waals surface area (Å²) in [6.07, 6.45) is 6.21. The molecule has 2 nitrogen and oxygen atoms in total. The van der Waals surface area contributed by atoms with Crippen molar-refractivity contribution in [3.8, 4) is 0 Å². The number of likely N-dealkylation sites (tertiary alicyclic amines) is 1. The topological polar surface area (TPSA) is 20.3 Å². The van der Waals surface area contributed by atoms with Gasteiger partial charge in [-0.2, -0.15) is 0 Å². The maximum Gasteiger partial charge on any atom is 0.223 e. The summed E-state index contributed by atoms with van der Waals surface area (Å²) >= 11 is 0. The van der Waals surface area contributed by atoms with Gasteiger partial charge in [0.25, 0.3) is 0 Å². The van der Waals surface area contributed by atoms with Gasteiger partial charge in [0.15, 0.2) is 0 Å². The van der Waals surface area contributed by atoms with E-state index in [4.69, 9.17) is 0 Å². The summed E-state index contributed by atoms with van der Waals surface area (Å²) in [6, 6.07) is 0.369. The number of amides is 1. The predicted octanol–water partition coefficient (Wildman–Crippen LogP) is 1.74. The molecule has 12 heavy (non-hydrogen) atoms. The average Bonchev–Trinajstić information content (AvgIpc) is 2.37. The molecule has 0 bridgehead atoms. The molecule has 0 N–H and O–H groups in total. The summed E-state index contributed by atoms with van der Waals surface area (Å²) in [5.74, 6) is 0.252. The summed E-state index contributed by atoms with van der Waals surface area (Å²) in [6.45, 7) is 7.99. The third kappa shape index (κ3) is 1.76. The van der Waals surface area contributed by atoms with Crippen molar-refractivity contribution >= 4 is 5.91 Å². The molecule has 1 aliphatic rings. The zero-order chi connectivity index (χ0) is 8.97. The molecular formula is C10H15NO. The first-order chi connectivity index (χ1) is 5.79. The monoisotopic (exact) mass is 165 g/mol. The molecule has 0 radical (unpaired) electrons. The molecule has 66 valence electrons. The number of hydrogen-bond acceptors (Lipinski definition) is 1. The highest BCUT2D eigenvalue weighted by Crippen LogP contribution is 2.21. The quantitative estimate of drug-likeness (QED) is 0.581. The average molecular weight is 165 g/mol. The standard InChI is InChI=1S/C10H15NO/c1-3-5-9-6-7-10(12)11(9)8-4-2/h3-4,9H,1-2,5-8H2. The van der Waals surface area contributed by atoms with Gasteiger partial charge in [-0.1, -0.05) is 12.2 Å². The maximum atomic E-state index is 11.3. The predicted molar refractivity (Wildman–Crippen MR) is 49.7 cm³/mol. The van der Waals surface area contributed by atoms with Gasteiger partial charge < -0.3 is 4.90 Å². The lowest BCUT2D eigenvalue weighted by Crippen LogP contribution is -2.32. The lowest BCUT2D eigenvalue weighted by molar-refractivity contribution is -0.128. The highest BCUT2D eigenvalue weighted by atomic mass is 16.2. The van der Waals surface area contributed by atoms with Crippen molar-refractivity contribution in [2.75, 3.05) is 6.54 Å². The molecule has 1 atom stereocenters. The Hall–Kier alpha value is -1.05. The van der Waals surface area contributed by atoms with E-state index < -0.39 is 0 Å². The smallest absolute Gasteiger partial charge is 0.223 e. The normalized spacial score (nSPS) is 22.8. The van der Waals surface area contributed by atoms with Crippen molar-refractivity contribution in [3.05, 3.63) is 25.3 Å². The first-order valence-electron chi connectivity index (χ1n) is 4.31. The van der Waals surface area contributed by atoms with Gasteiger partial charge >= 0.3 is 0 Å². The Morgan fingerprint density at radius 3 is 2.83 bits per heavy atom. The number of nitrogens with zero attached hydrogens (tertiary/aromatic N) is 1. The summed E-state index contributed by atoms with van der Waals surface area (Å²) < 4.78 is 0. The molecule has 1 amide bonds. The third-order valence-electron chi connectivity index (χ3n) is 2.22. The van der Waals surface area contributed by atoms with Crippen LogP contribution < -0.4 is 0 Å². The van der Waals surface area contributed by atoms with Crippen LogP contribution in [0.25, 0.3) is 0 Å². The van der Waals surface area contributed by atoms with Crippen LogP contribution >= 0.6 is 0 Å². The molecule has 1 rings (SSSR count). The number of carbonyl (C=O) groups is 1. The third-order valence-corrected chi connectivity index (χ3v) is 2.22. The summed E-state index contributed by atoms with van der Waals surface area (Å²) in [5.41, 5.74) is 0. The molecular weight excluding hydrogens is 150 g/mol. The molecule has 1 aliphatic heterocycles. The Labute approximate surface area is 73.6 Å². The Balaban J connectivity index is 2.56. The van der Waals surface area contributed by atoms with E-state index in [0.29, 0.717) is 19.0 Å². The number of carbonyl (C=O) groups excluding carboxylic acids is 1. The van der Waals surface area contributed by atoms with Crippen molar-refractivity contribution in [1.29, 1.82) is 0 Å². The molecule has 0 aliphatic carbocycles. The van der Waals surface area contributed by atoms with E-state index in [0.717, 1.165) is 12.8 Å². The Bertz CT molecular complexity index is 198. The Kier molecular flexibility index (Phi) is 3.09. The van der Waals surface area contributed by atoms with Crippen molar-refractivity contribution in [1.82, 2.24) is 4.90 Å². The van der Waals surface area contributed by atoms with Gasteiger partial charge in [0, 0.05) is 19.0 Å². The van der Waals surface area contributed by atoms with E-state index in [9.17, 15) is 4.79 Å². The van der Waals surface area contributed by atoms with Crippen LogP contribution in [0.3, 0.4) is 0 Å². The second-order valence-electron chi connectivity index (χ2n) is 3.05. The molecule has 0 saturated carbocycles. The van der Waals surface area contributed by atoms with E-state index >= 15 is 0 Å². The fraction of sp³-hybridized carbons (Fsp3) is 0.500. The van der Waals surface area contributed by atoms with Crippen LogP contribution in [0.15, 0.2) is 25.3 Å². The SMILES string of the molecule is C=CCC1CCC(=O)N1CC=C. The van der Waals surface area contributed by atoms with Crippen LogP contribution in [0, 0.1) is 0 Å². The Morgan fingerprint density at radius 1 is 1.50 bits per heavy atom. The molecule has 1 saturated heterocycles. The minimum Gasteiger partial charge on any atom is -0.336 e. The summed E-state index contributed by atoms with van der Waals surface area (Å²) in [5, 5.41) is 0. The van der Waals surface area contributed by atoms with Gasteiger partial charge in [-0.05, 0) is 12.8 Å². The highest BCUT2D eigenvalue weighted by Gasteiger charge is 2.28. The van der Waals surface area contributed by atoms with Gasteiger partial charge in [-0.3, -0.25) is 4.79 Å². The van der Waals surface area contributed by atoms with Crippen LogP contribution in [-0.2, 0) is 4.79 Å². The molecule has 0 aromatic carbocycles. The van der Waals surface area contributed by atoms with Crippen LogP contribution in [0.4, 0.5) is 0 Å². The van der Waals surface area contributed by atoms with Gasteiger partial charge in [-0.15, -0.1) is 13.2 Å². The fourth-order valence-corrected chi connectivity index (χ4v) is 1.62. The number of hydrogen-bond donors (Lipinski definition) is 0. The van der Waals surface area contributed by atoms with E-state index in [1.807, 2.05) is 11.0 Å². The van der Waals surface area contributed by atoms with Crippen molar-refractivity contribution in [3.63, 3.8) is 0 Å². The van der Waals surface area contributed by atoms with Gasteiger partial charge in [0.1, 0.15) is 0 Å². The maximum absolute atomic E-state index is 11.3. The first kappa shape index (κ1) is 9.04. The lowest BCUT2D eigenvalue weighted by Gasteiger charge is -2.21.